The normalized spacial score (nSPS) is 16.4. The van der Waals surface area contributed by atoms with Crippen LogP contribution in [-0.2, 0) is 0 Å². The molecule has 1 aromatic heterocycles. The third-order valence-corrected chi connectivity index (χ3v) is 2.52. The lowest BCUT2D eigenvalue weighted by atomic mass is 10.1. The Labute approximate surface area is 87.1 Å². The second-order valence-corrected chi connectivity index (χ2v) is 3.68. The van der Waals surface area contributed by atoms with Crippen LogP contribution in [0, 0.1) is 0 Å². The lowest BCUT2D eigenvalue weighted by molar-refractivity contribution is 0.778. The molecule has 0 saturated heterocycles. The van der Waals surface area contributed by atoms with Crippen molar-refractivity contribution in [2.24, 2.45) is 0 Å². The van der Waals surface area contributed by atoms with Crippen LogP contribution >= 0.6 is 0 Å². The maximum absolute atomic E-state index is 11.4. The van der Waals surface area contributed by atoms with E-state index in [-0.39, 0.29) is 0 Å². The molecule has 1 fully saturated rings. The molecule has 1 aliphatic carbocycles. The fourth-order valence-corrected chi connectivity index (χ4v) is 1.59. The smallest absolute Gasteiger partial charge is 0.244 e. The Morgan fingerprint density at radius 2 is 2.40 bits per heavy atom. The van der Waals surface area contributed by atoms with Gasteiger partial charge in [0.15, 0.2) is 0 Å². The summed E-state index contributed by atoms with van der Waals surface area (Å²) >= 11 is 0. The molecule has 1 aliphatic rings. The third-order valence-electron chi connectivity index (χ3n) is 2.52. The molecule has 0 spiro atoms. The zero-order chi connectivity index (χ0) is 11.1. The minimum absolute atomic E-state index is 0.376. The van der Waals surface area contributed by atoms with E-state index in [0.717, 1.165) is 23.1 Å². The van der Waals surface area contributed by atoms with E-state index in [1.54, 1.807) is 6.07 Å². The van der Waals surface area contributed by atoms with Crippen LogP contribution in [0.5, 0.6) is 0 Å². The van der Waals surface area contributed by atoms with Crippen molar-refractivity contribution < 1.29 is 1.37 Å². The molecule has 0 amide bonds. The first kappa shape index (κ1) is 7.39. The van der Waals surface area contributed by atoms with Gasteiger partial charge in [-0.05, 0) is 46.9 Å². The van der Waals surface area contributed by atoms with E-state index >= 15 is 0 Å². The summed E-state index contributed by atoms with van der Waals surface area (Å²) in [6, 6.07) is 5.87. The fourth-order valence-electron chi connectivity index (χ4n) is 1.59. The number of rotatable bonds is 2. The first-order valence-electron chi connectivity index (χ1n) is 5.37. The number of nitrogens with zero attached hydrogens (tertiary/aromatic N) is 3. The number of H-pyrrole nitrogens is 1. The Balaban J connectivity index is 2.18. The summed E-state index contributed by atoms with van der Waals surface area (Å²) in [7, 11) is 0. The van der Waals surface area contributed by atoms with E-state index < -0.39 is 5.69 Å². The van der Waals surface area contributed by atoms with Crippen molar-refractivity contribution in [3.63, 3.8) is 0 Å². The van der Waals surface area contributed by atoms with E-state index in [1.165, 1.54) is 0 Å². The predicted molar refractivity (Wildman–Crippen MR) is 54.0 cm³/mol. The maximum Gasteiger partial charge on any atom is 0.365 e. The highest BCUT2D eigenvalue weighted by Crippen LogP contribution is 2.40. The SMILES string of the molecule is [3H]c1c(C2CC2)cccc1-n1nn[nH]c1=O. The van der Waals surface area contributed by atoms with Crippen molar-refractivity contribution in [2.45, 2.75) is 18.8 Å². The standard InChI is InChI=1S/C10H10N4O/c15-10-11-12-13-14(10)9-3-1-2-8(6-9)7-4-5-7/h1-3,6-7H,4-5H2,(H,11,13,15)/i6T. The van der Waals surface area contributed by atoms with Crippen LogP contribution < -0.4 is 5.69 Å². The Morgan fingerprint density at radius 1 is 1.53 bits per heavy atom. The molecular weight excluding hydrogens is 192 g/mol. The van der Waals surface area contributed by atoms with Crippen molar-refractivity contribution >= 4 is 0 Å². The second kappa shape index (κ2) is 3.05. The molecule has 1 aromatic carbocycles. The fraction of sp³-hybridized carbons (Fsp3) is 0.300. The summed E-state index contributed by atoms with van der Waals surface area (Å²) in [4.78, 5) is 11.4. The van der Waals surface area contributed by atoms with Gasteiger partial charge in [0.1, 0.15) is 0 Å². The summed E-state index contributed by atoms with van der Waals surface area (Å²) in [5.74, 6) is 0.482. The molecule has 1 N–H and O–H groups in total. The Hall–Kier alpha value is -1.91. The van der Waals surface area contributed by atoms with Gasteiger partial charge in [-0.15, -0.1) is 0 Å². The Kier molecular flexibility index (Phi) is 1.50. The number of benzene rings is 1. The largest absolute Gasteiger partial charge is 0.365 e. The number of nitrogens with one attached hydrogen (secondary N) is 1. The lowest BCUT2D eigenvalue weighted by Crippen LogP contribution is -2.15. The topological polar surface area (TPSA) is 63.6 Å². The van der Waals surface area contributed by atoms with E-state index in [4.69, 9.17) is 1.37 Å². The molecule has 5 nitrogen and oxygen atoms in total. The zero-order valence-corrected chi connectivity index (χ0v) is 7.97. The van der Waals surface area contributed by atoms with Gasteiger partial charge < -0.3 is 0 Å². The number of aromatic nitrogens is 4. The van der Waals surface area contributed by atoms with Gasteiger partial charge >= 0.3 is 5.69 Å². The highest BCUT2D eigenvalue weighted by molar-refractivity contribution is 5.37. The predicted octanol–water partition coefficient (Wildman–Crippen LogP) is 0.833. The molecule has 0 bridgehead atoms. The van der Waals surface area contributed by atoms with Crippen LogP contribution in [-0.4, -0.2) is 20.2 Å². The average molecular weight is 204 g/mol. The summed E-state index contributed by atoms with van der Waals surface area (Å²) < 4.78 is 9.17. The Bertz CT molecular complexity index is 585. The number of hydrogen-bond acceptors (Lipinski definition) is 3. The maximum atomic E-state index is 11.4. The van der Waals surface area contributed by atoms with Crippen molar-refractivity contribution in [3.8, 4) is 5.69 Å². The minimum atomic E-state index is -0.415. The molecule has 1 saturated carbocycles. The van der Waals surface area contributed by atoms with Crippen molar-refractivity contribution in [1.29, 1.82) is 0 Å². The molecule has 0 radical (unpaired) electrons. The van der Waals surface area contributed by atoms with Gasteiger partial charge in [0, 0.05) is 0 Å². The van der Waals surface area contributed by atoms with E-state index in [1.807, 2.05) is 12.1 Å². The van der Waals surface area contributed by atoms with Crippen LogP contribution in [0.15, 0.2) is 29.0 Å². The molecule has 1 heterocycles. The first-order chi connectivity index (χ1) is 7.77. The molecule has 2 aromatic rings. The van der Waals surface area contributed by atoms with Gasteiger partial charge in [0.2, 0.25) is 0 Å². The van der Waals surface area contributed by atoms with Crippen LogP contribution in [0.2, 0.25) is 0 Å². The second-order valence-electron chi connectivity index (χ2n) is 3.68. The van der Waals surface area contributed by atoms with E-state index in [0.29, 0.717) is 17.6 Å². The van der Waals surface area contributed by atoms with Crippen LogP contribution in [0.3, 0.4) is 0 Å². The summed E-state index contributed by atoms with van der Waals surface area (Å²) in [6.07, 6.45) is 2.26. The van der Waals surface area contributed by atoms with Crippen LogP contribution in [0.4, 0.5) is 0 Å². The number of tetrazole rings is 1. The van der Waals surface area contributed by atoms with Gasteiger partial charge in [0.05, 0.1) is 7.06 Å². The molecule has 0 atom stereocenters. The molecule has 76 valence electrons. The zero-order valence-electron chi connectivity index (χ0n) is 8.97. The first-order valence-corrected chi connectivity index (χ1v) is 4.87. The summed E-state index contributed by atoms with van der Waals surface area (Å²) in [5.41, 5.74) is 1.07. The molecule has 0 unspecified atom stereocenters. The highest BCUT2D eigenvalue weighted by Gasteiger charge is 2.23. The average Bonchev–Trinajstić information content (AvgIpc) is 3.03. The lowest BCUT2D eigenvalue weighted by Gasteiger charge is -2.01. The van der Waals surface area contributed by atoms with Gasteiger partial charge in [-0.25, -0.2) is 9.89 Å². The van der Waals surface area contributed by atoms with Gasteiger partial charge in [0.25, 0.3) is 0 Å². The van der Waals surface area contributed by atoms with Gasteiger partial charge in [-0.3, -0.25) is 0 Å². The van der Waals surface area contributed by atoms with Gasteiger partial charge in [-0.1, -0.05) is 12.1 Å². The monoisotopic (exact) mass is 204 g/mol. The van der Waals surface area contributed by atoms with Crippen molar-refractivity contribution in [2.75, 3.05) is 0 Å². The minimum Gasteiger partial charge on any atom is -0.244 e. The van der Waals surface area contributed by atoms with Crippen LogP contribution in [0.25, 0.3) is 5.69 Å². The molecule has 5 heteroatoms. The highest BCUT2D eigenvalue weighted by atomic mass is 16.2. The molecular formula is C10H10N4O. The number of hydrogen-bond donors (Lipinski definition) is 1. The molecule has 3 rings (SSSR count). The van der Waals surface area contributed by atoms with E-state index in [2.05, 4.69) is 15.5 Å². The Morgan fingerprint density at radius 3 is 3.07 bits per heavy atom. The van der Waals surface area contributed by atoms with Crippen molar-refractivity contribution in [3.05, 3.63) is 40.3 Å². The molecule has 15 heavy (non-hydrogen) atoms. The van der Waals surface area contributed by atoms with Crippen molar-refractivity contribution in [1.82, 2.24) is 20.2 Å². The van der Waals surface area contributed by atoms with Gasteiger partial charge in [-0.2, -0.15) is 4.68 Å². The number of aromatic amines is 1. The van der Waals surface area contributed by atoms with E-state index in [9.17, 15) is 4.79 Å². The quantitative estimate of drug-likeness (QED) is 0.788. The third kappa shape index (κ3) is 1.45. The summed E-state index contributed by atoms with van der Waals surface area (Å²) in [5, 5.41) is 9.29. The molecule has 0 aliphatic heterocycles. The van der Waals surface area contributed by atoms with Crippen LogP contribution in [0.1, 0.15) is 25.7 Å². The summed E-state index contributed by atoms with van der Waals surface area (Å²) in [6.45, 7) is 0.